The van der Waals surface area contributed by atoms with Crippen LogP contribution in [0.3, 0.4) is 0 Å². The van der Waals surface area contributed by atoms with Gasteiger partial charge in [0.25, 0.3) is 0 Å². The molecular weight excluding hydrogens is 506 g/mol. The molecule has 1 saturated heterocycles. The molecule has 0 atom stereocenters. The average Bonchev–Trinajstić information content (AvgIpc) is 2.97. The molecule has 0 saturated carbocycles. The van der Waals surface area contributed by atoms with Crippen molar-refractivity contribution < 1.29 is 14.8 Å². The van der Waals surface area contributed by atoms with Crippen LogP contribution in [0.5, 0.6) is 0 Å². The number of nitrogens with one attached hydrogen (secondary N) is 3. The smallest absolute Gasteiger partial charge is 0.243 e. The van der Waals surface area contributed by atoms with Crippen LogP contribution in [0.1, 0.15) is 44.1 Å². The van der Waals surface area contributed by atoms with Gasteiger partial charge in [-0.2, -0.15) is 0 Å². The fourth-order valence-electron chi connectivity index (χ4n) is 4.66. The first-order chi connectivity index (χ1) is 19.4. The van der Waals surface area contributed by atoms with Gasteiger partial charge in [-0.3, -0.25) is 14.8 Å². The second-order valence-corrected chi connectivity index (χ2v) is 10.3. The quantitative estimate of drug-likeness (QED) is 0.146. The Balaban J connectivity index is 1.28. The maximum absolute atomic E-state index is 12.3. The molecule has 10 heteroatoms. The van der Waals surface area contributed by atoms with Gasteiger partial charge in [0.05, 0.1) is 5.69 Å². The number of rotatable bonds is 12. The van der Waals surface area contributed by atoms with E-state index >= 15 is 0 Å². The van der Waals surface area contributed by atoms with E-state index in [9.17, 15) is 9.59 Å². The van der Waals surface area contributed by atoms with Crippen molar-refractivity contribution in [1.29, 1.82) is 0 Å². The van der Waals surface area contributed by atoms with Crippen molar-refractivity contribution in [2.24, 2.45) is 0 Å². The fraction of sp³-hybridized carbons (Fsp3) is 0.400. The summed E-state index contributed by atoms with van der Waals surface area (Å²) >= 11 is 0. The minimum atomic E-state index is -0.377. The summed E-state index contributed by atoms with van der Waals surface area (Å²) in [5.74, 6) is 0.115. The maximum Gasteiger partial charge on any atom is 0.243 e. The van der Waals surface area contributed by atoms with Gasteiger partial charge in [-0.15, -0.1) is 0 Å². The van der Waals surface area contributed by atoms with E-state index in [0.717, 1.165) is 73.6 Å². The van der Waals surface area contributed by atoms with Crippen molar-refractivity contribution in [3.8, 4) is 11.3 Å². The Labute approximate surface area is 235 Å². The van der Waals surface area contributed by atoms with Gasteiger partial charge < -0.3 is 20.4 Å². The largest absolute Gasteiger partial charge is 0.369 e. The third-order valence-electron chi connectivity index (χ3n) is 7.09. The molecule has 1 aromatic heterocycles. The Hall–Kier alpha value is -4.02. The lowest BCUT2D eigenvalue weighted by Gasteiger charge is -2.34. The molecule has 0 aliphatic carbocycles. The summed E-state index contributed by atoms with van der Waals surface area (Å²) in [5, 5.41) is 14.8. The first-order valence-corrected chi connectivity index (χ1v) is 13.9. The van der Waals surface area contributed by atoms with Crippen molar-refractivity contribution in [1.82, 2.24) is 20.3 Å². The summed E-state index contributed by atoms with van der Waals surface area (Å²) < 4.78 is 0. The summed E-state index contributed by atoms with van der Waals surface area (Å²) in [6, 6.07) is 16.0. The number of piperazine rings is 1. The lowest BCUT2D eigenvalue weighted by molar-refractivity contribution is -0.129. The molecule has 212 valence electrons. The van der Waals surface area contributed by atoms with Crippen molar-refractivity contribution in [3.05, 3.63) is 60.3 Å². The highest BCUT2D eigenvalue weighted by Gasteiger charge is 2.14. The summed E-state index contributed by atoms with van der Waals surface area (Å²) in [5.41, 5.74) is 7.26. The molecule has 1 aliphatic heterocycles. The number of carbonyl (C=O) groups excluding carboxylic acids is 2. The molecule has 3 aromatic rings. The predicted octanol–water partition coefficient (Wildman–Crippen LogP) is 4.73. The van der Waals surface area contributed by atoms with Gasteiger partial charge in [0.1, 0.15) is 0 Å². The van der Waals surface area contributed by atoms with Gasteiger partial charge in [0.2, 0.25) is 17.8 Å². The minimum absolute atomic E-state index is 0.0378. The molecule has 10 nitrogen and oxygen atoms in total. The summed E-state index contributed by atoms with van der Waals surface area (Å²) in [7, 11) is 2.16. The molecule has 1 aliphatic rings. The molecule has 0 radical (unpaired) electrons. The number of benzene rings is 2. The van der Waals surface area contributed by atoms with Crippen LogP contribution in [0.4, 0.5) is 23.0 Å². The second-order valence-electron chi connectivity index (χ2n) is 10.3. The number of hydrogen-bond acceptors (Lipinski definition) is 8. The van der Waals surface area contributed by atoms with Crippen molar-refractivity contribution in [2.75, 3.05) is 48.8 Å². The Kier molecular flexibility index (Phi) is 10.4. The average molecular weight is 546 g/mol. The fourth-order valence-corrected chi connectivity index (χ4v) is 4.66. The molecule has 2 amide bonds. The second kappa shape index (κ2) is 14.4. The van der Waals surface area contributed by atoms with Crippen molar-refractivity contribution >= 4 is 34.8 Å². The molecule has 4 N–H and O–H groups in total. The third-order valence-corrected chi connectivity index (χ3v) is 7.09. The SMILES string of the molecule is Cc1cnc(Nc2ccc(N3CCN(C)CC3)cc2)nc1-c1ccc(NC(=O)CCCCCCC(=O)NO)cc1. The number of nitrogens with zero attached hydrogens (tertiary/aromatic N) is 4. The lowest BCUT2D eigenvalue weighted by Crippen LogP contribution is -2.44. The van der Waals surface area contributed by atoms with Crippen LogP contribution >= 0.6 is 0 Å². The first-order valence-electron chi connectivity index (χ1n) is 13.9. The number of amides is 2. The minimum Gasteiger partial charge on any atom is -0.369 e. The molecule has 0 unspecified atom stereocenters. The van der Waals surface area contributed by atoms with Crippen molar-refractivity contribution in [2.45, 2.75) is 45.4 Å². The number of unbranched alkanes of at least 4 members (excludes halogenated alkanes) is 3. The molecular formula is C30H39N7O3. The monoisotopic (exact) mass is 545 g/mol. The van der Waals surface area contributed by atoms with Gasteiger partial charge in [-0.1, -0.05) is 25.0 Å². The maximum atomic E-state index is 12.3. The first kappa shape index (κ1) is 29.0. The van der Waals surface area contributed by atoms with Crippen LogP contribution < -0.4 is 21.0 Å². The zero-order valence-corrected chi connectivity index (χ0v) is 23.3. The molecule has 1 fully saturated rings. The number of aromatic nitrogens is 2. The Bertz CT molecular complexity index is 1260. The highest BCUT2D eigenvalue weighted by Crippen LogP contribution is 2.26. The van der Waals surface area contributed by atoms with Gasteiger partial charge in [-0.05, 0) is 68.8 Å². The van der Waals surface area contributed by atoms with Crippen LogP contribution in [0, 0.1) is 6.92 Å². The Morgan fingerprint density at radius 1 is 0.850 bits per heavy atom. The van der Waals surface area contributed by atoms with E-state index in [-0.39, 0.29) is 11.8 Å². The molecule has 2 heterocycles. The number of aryl methyl sites for hydroxylation is 1. The zero-order valence-electron chi connectivity index (χ0n) is 23.3. The van der Waals surface area contributed by atoms with Gasteiger partial charge >= 0.3 is 0 Å². The lowest BCUT2D eigenvalue weighted by atomic mass is 10.1. The normalized spacial score (nSPS) is 13.6. The predicted molar refractivity (Wildman–Crippen MR) is 158 cm³/mol. The van der Waals surface area contributed by atoms with E-state index < -0.39 is 0 Å². The Morgan fingerprint density at radius 2 is 1.48 bits per heavy atom. The summed E-state index contributed by atoms with van der Waals surface area (Å²) in [4.78, 5) is 37.3. The van der Waals surface area contributed by atoms with E-state index in [1.54, 1.807) is 5.48 Å². The van der Waals surface area contributed by atoms with E-state index in [2.05, 4.69) is 56.7 Å². The summed E-state index contributed by atoms with van der Waals surface area (Å²) in [6.07, 6.45) is 5.67. The number of anilines is 4. The van der Waals surface area contributed by atoms with Crippen LogP contribution in [0.15, 0.2) is 54.7 Å². The molecule has 0 spiro atoms. The highest BCUT2D eigenvalue weighted by molar-refractivity contribution is 5.91. The number of hydroxylamine groups is 1. The van der Waals surface area contributed by atoms with Gasteiger partial charge in [0, 0.05) is 67.8 Å². The number of hydrogen-bond donors (Lipinski definition) is 4. The van der Waals surface area contributed by atoms with Gasteiger partial charge in [0.15, 0.2) is 0 Å². The molecule has 0 bridgehead atoms. The molecule has 40 heavy (non-hydrogen) atoms. The summed E-state index contributed by atoms with van der Waals surface area (Å²) in [6.45, 7) is 6.19. The number of likely N-dealkylation sites (N-methyl/N-ethyl adjacent to an activating group) is 1. The van der Waals surface area contributed by atoms with E-state index in [0.29, 0.717) is 25.2 Å². The Morgan fingerprint density at radius 3 is 2.12 bits per heavy atom. The van der Waals surface area contributed by atoms with E-state index in [1.807, 2.05) is 37.4 Å². The highest BCUT2D eigenvalue weighted by atomic mass is 16.5. The molecule has 2 aromatic carbocycles. The van der Waals surface area contributed by atoms with Crippen LogP contribution in [-0.2, 0) is 9.59 Å². The van der Waals surface area contributed by atoms with Crippen LogP contribution in [0.25, 0.3) is 11.3 Å². The zero-order chi connectivity index (χ0) is 28.3. The van der Waals surface area contributed by atoms with E-state index in [4.69, 9.17) is 10.2 Å². The van der Waals surface area contributed by atoms with E-state index in [1.165, 1.54) is 5.69 Å². The molecule has 4 rings (SSSR count). The number of carbonyl (C=O) groups is 2. The third kappa shape index (κ3) is 8.49. The standard InChI is InChI=1S/C30H39N7O3/c1-22-21-31-30(33-25-13-15-26(16-14-25)37-19-17-36(2)18-20-37)34-29(22)23-9-11-24(12-10-23)32-27(38)7-5-3-4-6-8-28(39)35-40/h9-16,21,40H,3-8,17-20H2,1-2H3,(H,32,38)(H,35,39)(H,31,33,34). The van der Waals surface area contributed by atoms with Gasteiger partial charge in [-0.25, -0.2) is 15.4 Å². The van der Waals surface area contributed by atoms with Crippen molar-refractivity contribution in [3.63, 3.8) is 0 Å². The van der Waals surface area contributed by atoms with Crippen LogP contribution in [0.2, 0.25) is 0 Å². The topological polar surface area (TPSA) is 123 Å². The van der Waals surface area contributed by atoms with Crippen LogP contribution in [-0.4, -0.2) is 65.1 Å².